The normalized spacial score (nSPS) is 12.3. The summed E-state index contributed by atoms with van der Waals surface area (Å²) in [6.45, 7) is 5.83. The SMILES string of the molecule is CCc1ccccc1N(CC(=O)NC(CC(C)C)c1ccc(OC)cc1)S(=O)(=O)c1ccccc1. The number of hydrogen-bond donors (Lipinski definition) is 1. The van der Waals surface area contributed by atoms with Crippen LogP contribution in [-0.2, 0) is 21.2 Å². The van der Waals surface area contributed by atoms with Crippen LogP contribution in [0.15, 0.2) is 83.8 Å². The summed E-state index contributed by atoms with van der Waals surface area (Å²) in [5, 5.41) is 3.08. The van der Waals surface area contributed by atoms with Crippen LogP contribution in [0.5, 0.6) is 5.75 Å². The molecule has 0 aliphatic carbocycles. The Kier molecular flexibility index (Phi) is 8.93. The minimum Gasteiger partial charge on any atom is -0.497 e. The van der Waals surface area contributed by atoms with Crippen molar-refractivity contribution in [1.82, 2.24) is 5.32 Å². The van der Waals surface area contributed by atoms with Gasteiger partial charge in [-0.25, -0.2) is 8.42 Å². The van der Waals surface area contributed by atoms with Gasteiger partial charge in [0, 0.05) is 0 Å². The van der Waals surface area contributed by atoms with E-state index >= 15 is 0 Å². The number of hydrogen-bond acceptors (Lipinski definition) is 4. The third-order valence-corrected chi connectivity index (χ3v) is 7.59. The highest BCUT2D eigenvalue weighted by Gasteiger charge is 2.29. The first-order valence-electron chi connectivity index (χ1n) is 11.8. The third-order valence-electron chi connectivity index (χ3n) is 5.82. The van der Waals surface area contributed by atoms with Crippen LogP contribution in [0, 0.1) is 5.92 Å². The van der Waals surface area contributed by atoms with E-state index in [9.17, 15) is 13.2 Å². The maximum Gasteiger partial charge on any atom is 0.264 e. The van der Waals surface area contributed by atoms with Crippen LogP contribution in [0.4, 0.5) is 5.69 Å². The average molecular weight is 495 g/mol. The van der Waals surface area contributed by atoms with E-state index in [0.717, 1.165) is 23.3 Å². The molecule has 0 aromatic heterocycles. The van der Waals surface area contributed by atoms with Gasteiger partial charge in [-0.2, -0.15) is 0 Å². The molecule has 0 saturated heterocycles. The lowest BCUT2D eigenvalue weighted by atomic mass is 9.97. The molecule has 35 heavy (non-hydrogen) atoms. The number of para-hydroxylation sites is 1. The predicted octanol–water partition coefficient (Wildman–Crippen LogP) is 5.36. The van der Waals surface area contributed by atoms with Crippen molar-refractivity contribution < 1.29 is 17.9 Å². The third kappa shape index (κ3) is 6.63. The topological polar surface area (TPSA) is 75.7 Å². The van der Waals surface area contributed by atoms with Gasteiger partial charge in [0.25, 0.3) is 10.0 Å². The summed E-state index contributed by atoms with van der Waals surface area (Å²) in [6.07, 6.45) is 1.36. The number of carbonyl (C=O) groups excluding carboxylic acids is 1. The lowest BCUT2D eigenvalue weighted by molar-refractivity contribution is -0.120. The molecule has 0 fully saturated rings. The number of carbonyl (C=O) groups is 1. The van der Waals surface area contributed by atoms with Gasteiger partial charge in [-0.1, -0.05) is 69.3 Å². The molecule has 1 N–H and O–H groups in total. The van der Waals surface area contributed by atoms with Gasteiger partial charge in [-0.15, -0.1) is 0 Å². The molecular weight excluding hydrogens is 460 g/mol. The molecule has 3 rings (SSSR count). The van der Waals surface area contributed by atoms with E-state index < -0.39 is 10.0 Å². The van der Waals surface area contributed by atoms with E-state index in [1.807, 2.05) is 43.3 Å². The second-order valence-electron chi connectivity index (χ2n) is 8.83. The number of benzene rings is 3. The number of nitrogens with one attached hydrogen (secondary N) is 1. The minimum atomic E-state index is -3.96. The lowest BCUT2D eigenvalue weighted by Crippen LogP contribution is -2.42. The van der Waals surface area contributed by atoms with E-state index in [2.05, 4.69) is 19.2 Å². The number of methoxy groups -OCH3 is 1. The fourth-order valence-electron chi connectivity index (χ4n) is 4.03. The average Bonchev–Trinajstić information content (AvgIpc) is 2.87. The van der Waals surface area contributed by atoms with Crippen LogP contribution < -0.4 is 14.4 Å². The second-order valence-corrected chi connectivity index (χ2v) is 10.7. The van der Waals surface area contributed by atoms with Crippen molar-refractivity contribution in [2.75, 3.05) is 18.0 Å². The Morgan fingerprint density at radius 3 is 2.17 bits per heavy atom. The molecule has 1 unspecified atom stereocenters. The van der Waals surface area contributed by atoms with Gasteiger partial charge in [-0.05, 0) is 60.2 Å². The second kappa shape index (κ2) is 11.9. The molecule has 0 aliphatic heterocycles. The molecule has 3 aromatic carbocycles. The summed E-state index contributed by atoms with van der Waals surface area (Å²) in [5.41, 5.74) is 2.31. The largest absolute Gasteiger partial charge is 0.497 e. The standard InChI is InChI=1S/C28H34N2O4S/c1-5-22-11-9-10-14-27(22)30(35(32,33)25-12-7-6-8-13-25)20-28(31)29-26(19-21(2)3)23-15-17-24(34-4)18-16-23/h6-18,21,26H,5,19-20H2,1-4H3,(H,29,31). The van der Waals surface area contributed by atoms with Crippen LogP contribution >= 0.6 is 0 Å². The molecule has 0 bridgehead atoms. The number of anilines is 1. The van der Waals surface area contributed by atoms with Crippen molar-refractivity contribution in [1.29, 1.82) is 0 Å². The Morgan fingerprint density at radius 2 is 1.57 bits per heavy atom. The minimum absolute atomic E-state index is 0.146. The van der Waals surface area contributed by atoms with Crippen molar-refractivity contribution in [3.05, 3.63) is 90.0 Å². The highest BCUT2D eigenvalue weighted by atomic mass is 32.2. The van der Waals surface area contributed by atoms with E-state index in [1.165, 1.54) is 4.31 Å². The van der Waals surface area contributed by atoms with Crippen molar-refractivity contribution in [2.24, 2.45) is 5.92 Å². The van der Waals surface area contributed by atoms with Crippen molar-refractivity contribution >= 4 is 21.6 Å². The lowest BCUT2D eigenvalue weighted by Gasteiger charge is -2.28. The van der Waals surface area contributed by atoms with Gasteiger partial charge in [0.15, 0.2) is 0 Å². The number of amides is 1. The summed E-state index contributed by atoms with van der Waals surface area (Å²) in [7, 11) is -2.35. The summed E-state index contributed by atoms with van der Waals surface area (Å²) in [4.78, 5) is 13.5. The van der Waals surface area contributed by atoms with Crippen LogP contribution in [0.2, 0.25) is 0 Å². The molecule has 0 saturated carbocycles. The van der Waals surface area contributed by atoms with Crippen molar-refractivity contribution in [2.45, 2.75) is 44.6 Å². The number of ether oxygens (including phenoxy) is 1. The highest BCUT2D eigenvalue weighted by molar-refractivity contribution is 7.92. The molecule has 7 heteroatoms. The molecule has 3 aromatic rings. The Hall–Kier alpha value is -3.32. The summed E-state index contributed by atoms with van der Waals surface area (Å²) >= 11 is 0. The van der Waals surface area contributed by atoms with Crippen LogP contribution in [0.25, 0.3) is 0 Å². The molecule has 0 aliphatic rings. The van der Waals surface area contributed by atoms with Crippen molar-refractivity contribution in [3.63, 3.8) is 0 Å². The molecule has 6 nitrogen and oxygen atoms in total. The zero-order valence-electron chi connectivity index (χ0n) is 20.8. The summed E-state index contributed by atoms with van der Waals surface area (Å²) in [5.74, 6) is 0.698. The molecule has 1 atom stereocenters. The number of aryl methyl sites for hydroxylation is 1. The molecule has 0 spiro atoms. The van der Waals surface area contributed by atoms with Gasteiger partial charge in [0.1, 0.15) is 12.3 Å². The summed E-state index contributed by atoms with van der Waals surface area (Å²) in [6, 6.07) is 22.8. The van der Waals surface area contributed by atoms with Crippen LogP contribution in [0.3, 0.4) is 0 Å². The molecular formula is C28H34N2O4S. The fraction of sp³-hybridized carbons (Fsp3) is 0.321. The quantitative estimate of drug-likeness (QED) is 0.390. The number of nitrogens with zero attached hydrogens (tertiary/aromatic N) is 1. The fourth-order valence-corrected chi connectivity index (χ4v) is 5.51. The first-order valence-corrected chi connectivity index (χ1v) is 13.3. The number of sulfonamides is 1. The molecule has 186 valence electrons. The Balaban J connectivity index is 1.94. The highest BCUT2D eigenvalue weighted by Crippen LogP contribution is 2.28. The van der Waals surface area contributed by atoms with E-state index in [1.54, 1.807) is 49.6 Å². The van der Waals surface area contributed by atoms with Crippen molar-refractivity contribution in [3.8, 4) is 5.75 Å². The van der Waals surface area contributed by atoms with Gasteiger partial charge >= 0.3 is 0 Å². The molecule has 0 radical (unpaired) electrons. The van der Waals surface area contributed by atoms with E-state index in [0.29, 0.717) is 18.0 Å². The Morgan fingerprint density at radius 1 is 0.943 bits per heavy atom. The van der Waals surface area contributed by atoms with Gasteiger partial charge in [0.2, 0.25) is 5.91 Å². The maximum absolute atomic E-state index is 13.7. The van der Waals surface area contributed by atoms with Crippen LogP contribution in [-0.4, -0.2) is 28.0 Å². The zero-order valence-corrected chi connectivity index (χ0v) is 21.6. The van der Waals surface area contributed by atoms with E-state index in [-0.39, 0.29) is 23.4 Å². The van der Waals surface area contributed by atoms with Gasteiger partial charge < -0.3 is 10.1 Å². The van der Waals surface area contributed by atoms with Gasteiger partial charge in [0.05, 0.1) is 23.7 Å². The first-order chi connectivity index (χ1) is 16.8. The Labute approximate surface area is 209 Å². The first kappa shape index (κ1) is 26.3. The predicted molar refractivity (Wildman–Crippen MR) is 140 cm³/mol. The molecule has 1 amide bonds. The Bertz CT molecular complexity index is 1210. The van der Waals surface area contributed by atoms with Crippen LogP contribution in [0.1, 0.15) is 44.4 Å². The van der Waals surface area contributed by atoms with E-state index in [4.69, 9.17) is 4.74 Å². The smallest absolute Gasteiger partial charge is 0.264 e. The summed E-state index contributed by atoms with van der Waals surface area (Å²) < 4.78 is 33.8. The zero-order chi connectivity index (χ0) is 25.4. The monoisotopic (exact) mass is 494 g/mol. The molecule has 0 heterocycles. The number of rotatable bonds is 11. The maximum atomic E-state index is 13.7. The van der Waals surface area contributed by atoms with Gasteiger partial charge in [-0.3, -0.25) is 9.10 Å².